The van der Waals surface area contributed by atoms with E-state index in [-0.39, 0.29) is 5.41 Å². The van der Waals surface area contributed by atoms with Crippen LogP contribution in [-0.2, 0) is 5.41 Å². The third-order valence-corrected chi connectivity index (χ3v) is 4.07. The molecule has 19 heavy (non-hydrogen) atoms. The average molecular weight is 261 g/mol. The molecule has 1 heterocycles. The van der Waals surface area contributed by atoms with Gasteiger partial charge in [0.15, 0.2) is 0 Å². The maximum atomic E-state index is 4.86. The van der Waals surface area contributed by atoms with Crippen molar-refractivity contribution in [3.05, 3.63) is 17.6 Å². The van der Waals surface area contributed by atoms with Crippen LogP contribution < -0.4 is 5.32 Å². The second kappa shape index (κ2) is 5.48. The Kier molecular flexibility index (Phi) is 4.12. The predicted octanol–water partition coefficient (Wildman–Crippen LogP) is 4.11. The van der Waals surface area contributed by atoms with Gasteiger partial charge in [-0.05, 0) is 18.8 Å². The highest BCUT2D eigenvalue weighted by Gasteiger charge is 2.25. The van der Waals surface area contributed by atoms with Gasteiger partial charge >= 0.3 is 0 Å². The lowest BCUT2D eigenvalue weighted by molar-refractivity contribution is 0.334. The zero-order valence-corrected chi connectivity index (χ0v) is 13.0. The molecule has 3 heteroatoms. The molecule has 1 aliphatic rings. The lowest BCUT2D eigenvalue weighted by Crippen LogP contribution is -2.20. The van der Waals surface area contributed by atoms with E-state index in [0.29, 0.717) is 5.92 Å². The van der Waals surface area contributed by atoms with E-state index >= 15 is 0 Å². The van der Waals surface area contributed by atoms with Gasteiger partial charge in [-0.1, -0.05) is 40.5 Å². The van der Waals surface area contributed by atoms with Gasteiger partial charge in [0.1, 0.15) is 11.6 Å². The molecule has 0 radical (unpaired) electrons. The number of rotatable bonds is 2. The molecule has 1 aromatic heterocycles. The van der Waals surface area contributed by atoms with Gasteiger partial charge in [0.25, 0.3) is 0 Å². The normalized spacial score (nSPS) is 24.3. The Balaban J connectivity index is 2.34. The molecule has 0 aliphatic heterocycles. The summed E-state index contributed by atoms with van der Waals surface area (Å²) in [6, 6.07) is 2.08. The summed E-state index contributed by atoms with van der Waals surface area (Å²) in [4.78, 5) is 9.56. The minimum Gasteiger partial charge on any atom is -0.373 e. The molecule has 2 atom stereocenters. The summed E-state index contributed by atoms with van der Waals surface area (Å²) in [5.41, 5.74) is 1.21. The molecular formula is C16H27N3. The predicted molar refractivity (Wildman–Crippen MR) is 80.7 cm³/mol. The molecule has 1 N–H and O–H groups in total. The van der Waals surface area contributed by atoms with Crippen molar-refractivity contribution < 1.29 is 0 Å². The third kappa shape index (κ3) is 3.46. The van der Waals surface area contributed by atoms with E-state index in [2.05, 4.69) is 39.1 Å². The van der Waals surface area contributed by atoms with Crippen LogP contribution in [0.4, 0.5) is 5.82 Å². The standard InChI is InChI=1S/C16H27N3/c1-11-7-6-8-12(9-11)15-18-13(16(2,3)4)10-14(17-5)19-15/h10-12H,6-9H2,1-5H3,(H,17,18,19). The molecule has 2 rings (SSSR count). The summed E-state index contributed by atoms with van der Waals surface area (Å²) in [6.07, 6.45) is 5.13. The number of hydrogen-bond donors (Lipinski definition) is 1. The van der Waals surface area contributed by atoms with Crippen molar-refractivity contribution in [3.8, 4) is 0 Å². The van der Waals surface area contributed by atoms with Crippen LogP contribution in [0.1, 0.15) is 70.8 Å². The van der Waals surface area contributed by atoms with E-state index < -0.39 is 0 Å². The van der Waals surface area contributed by atoms with Gasteiger partial charge in [0.05, 0.1) is 5.69 Å². The third-order valence-electron chi connectivity index (χ3n) is 4.07. The van der Waals surface area contributed by atoms with E-state index in [1.165, 1.54) is 25.7 Å². The lowest BCUT2D eigenvalue weighted by atomic mass is 9.82. The van der Waals surface area contributed by atoms with Crippen LogP contribution in [0.25, 0.3) is 0 Å². The molecule has 1 fully saturated rings. The van der Waals surface area contributed by atoms with Gasteiger partial charge < -0.3 is 5.32 Å². The van der Waals surface area contributed by atoms with Crippen LogP contribution in [0.2, 0.25) is 0 Å². The maximum Gasteiger partial charge on any atom is 0.134 e. The van der Waals surface area contributed by atoms with Crippen molar-refractivity contribution in [2.45, 2.75) is 64.7 Å². The van der Waals surface area contributed by atoms with Crippen LogP contribution >= 0.6 is 0 Å². The van der Waals surface area contributed by atoms with Crippen molar-refractivity contribution in [2.24, 2.45) is 5.92 Å². The Morgan fingerprint density at radius 1 is 1.21 bits per heavy atom. The van der Waals surface area contributed by atoms with Crippen LogP contribution in [0.5, 0.6) is 0 Å². The largest absolute Gasteiger partial charge is 0.373 e. The molecule has 1 aromatic rings. The van der Waals surface area contributed by atoms with Crippen molar-refractivity contribution in [1.82, 2.24) is 9.97 Å². The first-order valence-electron chi connectivity index (χ1n) is 7.47. The molecule has 106 valence electrons. The van der Waals surface area contributed by atoms with E-state index in [1.807, 2.05) is 7.05 Å². The lowest BCUT2D eigenvalue weighted by Gasteiger charge is -2.27. The van der Waals surface area contributed by atoms with Gasteiger partial charge in [0, 0.05) is 24.4 Å². The number of nitrogens with zero attached hydrogens (tertiary/aromatic N) is 2. The SMILES string of the molecule is CNc1cc(C(C)(C)C)nc(C2CCCC(C)C2)n1. The minimum atomic E-state index is 0.0730. The van der Waals surface area contributed by atoms with Crippen molar-refractivity contribution >= 4 is 5.82 Å². The van der Waals surface area contributed by atoms with Crippen LogP contribution in [0.3, 0.4) is 0 Å². The molecule has 0 aromatic carbocycles. The Morgan fingerprint density at radius 3 is 2.53 bits per heavy atom. The summed E-state index contributed by atoms with van der Waals surface area (Å²) in [6.45, 7) is 8.98. The highest BCUT2D eigenvalue weighted by atomic mass is 15.0. The summed E-state index contributed by atoms with van der Waals surface area (Å²) in [5, 5.41) is 3.18. The summed E-state index contributed by atoms with van der Waals surface area (Å²) in [5.74, 6) is 3.34. The maximum absolute atomic E-state index is 4.86. The summed E-state index contributed by atoms with van der Waals surface area (Å²) >= 11 is 0. The van der Waals surface area contributed by atoms with Gasteiger partial charge in [0.2, 0.25) is 0 Å². The first kappa shape index (κ1) is 14.3. The number of anilines is 1. The quantitative estimate of drug-likeness (QED) is 0.870. The van der Waals surface area contributed by atoms with Gasteiger partial charge in [-0.3, -0.25) is 0 Å². The Hall–Kier alpha value is -1.12. The molecule has 0 amide bonds. The van der Waals surface area contributed by atoms with E-state index in [4.69, 9.17) is 9.97 Å². The van der Waals surface area contributed by atoms with E-state index in [1.54, 1.807) is 0 Å². The molecule has 0 bridgehead atoms. The molecule has 3 nitrogen and oxygen atoms in total. The van der Waals surface area contributed by atoms with Gasteiger partial charge in [-0.25, -0.2) is 9.97 Å². The monoisotopic (exact) mass is 261 g/mol. The molecule has 2 unspecified atom stereocenters. The fourth-order valence-corrected chi connectivity index (χ4v) is 2.83. The van der Waals surface area contributed by atoms with Crippen molar-refractivity contribution in [1.29, 1.82) is 0 Å². The zero-order valence-electron chi connectivity index (χ0n) is 13.0. The number of aromatic nitrogens is 2. The smallest absolute Gasteiger partial charge is 0.134 e. The van der Waals surface area contributed by atoms with Gasteiger partial charge in [-0.15, -0.1) is 0 Å². The Bertz CT molecular complexity index is 434. The first-order chi connectivity index (χ1) is 8.90. The number of hydrogen-bond acceptors (Lipinski definition) is 3. The topological polar surface area (TPSA) is 37.8 Å². The van der Waals surface area contributed by atoms with Crippen LogP contribution in [0.15, 0.2) is 6.07 Å². The number of nitrogens with one attached hydrogen (secondary N) is 1. The fraction of sp³-hybridized carbons (Fsp3) is 0.750. The van der Waals surface area contributed by atoms with Crippen LogP contribution in [-0.4, -0.2) is 17.0 Å². The Morgan fingerprint density at radius 2 is 1.95 bits per heavy atom. The zero-order chi connectivity index (χ0) is 14.0. The molecular weight excluding hydrogens is 234 g/mol. The van der Waals surface area contributed by atoms with Gasteiger partial charge in [-0.2, -0.15) is 0 Å². The molecule has 1 saturated carbocycles. The first-order valence-corrected chi connectivity index (χ1v) is 7.47. The highest BCUT2D eigenvalue weighted by Crippen LogP contribution is 2.35. The van der Waals surface area contributed by atoms with E-state index in [0.717, 1.165) is 23.3 Å². The molecule has 0 saturated heterocycles. The average Bonchev–Trinajstić information content (AvgIpc) is 2.37. The minimum absolute atomic E-state index is 0.0730. The summed E-state index contributed by atoms with van der Waals surface area (Å²) in [7, 11) is 1.93. The fourth-order valence-electron chi connectivity index (χ4n) is 2.83. The molecule has 1 aliphatic carbocycles. The van der Waals surface area contributed by atoms with Crippen molar-refractivity contribution in [3.63, 3.8) is 0 Å². The summed E-state index contributed by atoms with van der Waals surface area (Å²) < 4.78 is 0. The second-order valence-corrected chi connectivity index (χ2v) is 6.97. The van der Waals surface area contributed by atoms with E-state index in [9.17, 15) is 0 Å². The van der Waals surface area contributed by atoms with Crippen LogP contribution in [0, 0.1) is 5.92 Å². The molecule has 0 spiro atoms. The Labute approximate surface area is 117 Å². The highest BCUT2D eigenvalue weighted by molar-refractivity contribution is 5.37. The van der Waals surface area contributed by atoms with Crippen molar-refractivity contribution in [2.75, 3.05) is 12.4 Å². The second-order valence-electron chi connectivity index (χ2n) is 6.97.